The summed E-state index contributed by atoms with van der Waals surface area (Å²) in [7, 11) is 0. The van der Waals surface area contributed by atoms with Crippen molar-refractivity contribution in [1.29, 1.82) is 0 Å². The lowest BCUT2D eigenvalue weighted by Crippen LogP contribution is -2.47. The van der Waals surface area contributed by atoms with E-state index in [9.17, 15) is 4.79 Å². The van der Waals surface area contributed by atoms with E-state index < -0.39 is 0 Å². The molecule has 0 spiro atoms. The Morgan fingerprint density at radius 1 is 1.48 bits per heavy atom. The van der Waals surface area contributed by atoms with Crippen molar-refractivity contribution in [2.24, 2.45) is 5.73 Å². The Morgan fingerprint density at radius 3 is 2.76 bits per heavy atom. The predicted octanol–water partition coefficient (Wildman–Crippen LogP) is 1.24. The van der Waals surface area contributed by atoms with Crippen LogP contribution >= 0.6 is 0 Å². The standard InChI is InChI=1S/C16H26N4O/c1-13(2)20(11-14-4-3-7-18-10-14)16(21)12-19-8-5-15(17)6-9-19/h3-4,7,10,13,15H,5-6,8-9,11-12,17H2,1-2H3. The summed E-state index contributed by atoms with van der Waals surface area (Å²) < 4.78 is 0. The number of aromatic nitrogens is 1. The van der Waals surface area contributed by atoms with Crippen LogP contribution in [-0.4, -0.2) is 52.4 Å². The first-order valence-electron chi connectivity index (χ1n) is 7.72. The van der Waals surface area contributed by atoms with Crippen LogP contribution in [0.5, 0.6) is 0 Å². The molecule has 0 aliphatic carbocycles. The normalized spacial score (nSPS) is 17.1. The minimum Gasteiger partial charge on any atom is -0.335 e. The molecule has 1 aliphatic heterocycles. The van der Waals surface area contributed by atoms with E-state index in [1.807, 2.05) is 23.2 Å². The summed E-state index contributed by atoms with van der Waals surface area (Å²) >= 11 is 0. The Hall–Kier alpha value is -1.46. The van der Waals surface area contributed by atoms with Crippen molar-refractivity contribution in [3.05, 3.63) is 30.1 Å². The highest BCUT2D eigenvalue weighted by atomic mass is 16.2. The average Bonchev–Trinajstić information content (AvgIpc) is 2.48. The maximum atomic E-state index is 12.6. The second kappa shape index (κ2) is 7.52. The number of piperidine rings is 1. The van der Waals surface area contributed by atoms with Crippen molar-refractivity contribution >= 4 is 5.91 Å². The maximum Gasteiger partial charge on any atom is 0.237 e. The minimum absolute atomic E-state index is 0.185. The molecular formula is C16H26N4O. The van der Waals surface area contributed by atoms with Crippen LogP contribution in [0.1, 0.15) is 32.3 Å². The Balaban J connectivity index is 1.93. The zero-order chi connectivity index (χ0) is 15.2. The third-order valence-corrected chi connectivity index (χ3v) is 4.01. The summed E-state index contributed by atoms with van der Waals surface area (Å²) in [6, 6.07) is 4.40. The second-order valence-corrected chi connectivity index (χ2v) is 6.09. The molecule has 1 aromatic heterocycles. The summed E-state index contributed by atoms with van der Waals surface area (Å²) in [6.45, 7) is 7.07. The topological polar surface area (TPSA) is 62.5 Å². The van der Waals surface area contributed by atoms with Gasteiger partial charge in [0.2, 0.25) is 5.91 Å². The van der Waals surface area contributed by atoms with Gasteiger partial charge in [0.1, 0.15) is 0 Å². The van der Waals surface area contributed by atoms with Crippen molar-refractivity contribution in [3.8, 4) is 0 Å². The first-order chi connectivity index (χ1) is 10.1. The number of likely N-dealkylation sites (tertiary alicyclic amines) is 1. The Kier molecular flexibility index (Phi) is 5.70. The molecular weight excluding hydrogens is 264 g/mol. The van der Waals surface area contributed by atoms with Crippen LogP contribution in [0.3, 0.4) is 0 Å². The van der Waals surface area contributed by atoms with Crippen molar-refractivity contribution in [2.75, 3.05) is 19.6 Å². The molecule has 1 aliphatic rings. The smallest absolute Gasteiger partial charge is 0.237 e. The van der Waals surface area contributed by atoms with E-state index in [2.05, 4.69) is 23.7 Å². The van der Waals surface area contributed by atoms with Gasteiger partial charge in [0.15, 0.2) is 0 Å². The van der Waals surface area contributed by atoms with E-state index >= 15 is 0 Å². The first kappa shape index (κ1) is 15.9. The molecule has 0 unspecified atom stereocenters. The predicted molar refractivity (Wildman–Crippen MR) is 83.6 cm³/mol. The number of rotatable bonds is 5. The fourth-order valence-electron chi connectivity index (χ4n) is 2.64. The van der Waals surface area contributed by atoms with Gasteiger partial charge in [-0.05, 0) is 38.3 Å². The lowest BCUT2D eigenvalue weighted by molar-refractivity contribution is -0.135. The van der Waals surface area contributed by atoms with Gasteiger partial charge in [-0.1, -0.05) is 6.07 Å². The molecule has 0 saturated carbocycles. The third kappa shape index (κ3) is 4.79. The molecule has 0 aromatic carbocycles. The Morgan fingerprint density at radius 2 is 2.19 bits per heavy atom. The molecule has 0 radical (unpaired) electrons. The maximum absolute atomic E-state index is 12.6. The minimum atomic E-state index is 0.185. The molecule has 5 heteroatoms. The van der Waals surface area contributed by atoms with Crippen LogP contribution in [0.2, 0.25) is 0 Å². The van der Waals surface area contributed by atoms with Crippen LogP contribution in [0, 0.1) is 0 Å². The number of hydrogen-bond donors (Lipinski definition) is 1. The fourth-order valence-corrected chi connectivity index (χ4v) is 2.64. The number of hydrogen-bond acceptors (Lipinski definition) is 4. The van der Waals surface area contributed by atoms with Gasteiger partial charge in [0.25, 0.3) is 0 Å². The summed E-state index contributed by atoms with van der Waals surface area (Å²) in [5, 5.41) is 0. The molecule has 2 N–H and O–H groups in total. The van der Waals surface area contributed by atoms with Crippen molar-refractivity contribution in [1.82, 2.24) is 14.8 Å². The van der Waals surface area contributed by atoms with Gasteiger partial charge in [0, 0.05) is 44.1 Å². The lowest BCUT2D eigenvalue weighted by Gasteiger charge is -2.33. The number of amides is 1. The number of carbonyl (C=O) groups excluding carboxylic acids is 1. The Labute approximate surface area is 127 Å². The quantitative estimate of drug-likeness (QED) is 0.886. The zero-order valence-electron chi connectivity index (χ0n) is 13.0. The molecule has 1 aromatic rings. The van der Waals surface area contributed by atoms with Crippen LogP contribution in [-0.2, 0) is 11.3 Å². The zero-order valence-corrected chi connectivity index (χ0v) is 13.0. The van der Waals surface area contributed by atoms with Crippen molar-refractivity contribution in [3.63, 3.8) is 0 Å². The molecule has 2 heterocycles. The van der Waals surface area contributed by atoms with E-state index in [4.69, 9.17) is 5.73 Å². The highest BCUT2D eigenvalue weighted by Crippen LogP contribution is 2.11. The highest BCUT2D eigenvalue weighted by molar-refractivity contribution is 5.78. The molecule has 0 bridgehead atoms. The van der Waals surface area contributed by atoms with Crippen LogP contribution in [0.15, 0.2) is 24.5 Å². The fraction of sp³-hybridized carbons (Fsp3) is 0.625. The van der Waals surface area contributed by atoms with Crippen molar-refractivity contribution in [2.45, 2.75) is 45.3 Å². The van der Waals surface area contributed by atoms with Crippen LogP contribution in [0.4, 0.5) is 0 Å². The van der Waals surface area contributed by atoms with Gasteiger partial charge in [-0.3, -0.25) is 14.7 Å². The molecule has 1 amide bonds. The van der Waals surface area contributed by atoms with Crippen LogP contribution < -0.4 is 5.73 Å². The molecule has 116 valence electrons. The number of nitrogens with zero attached hydrogens (tertiary/aromatic N) is 3. The van der Waals surface area contributed by atoms with Gasteiger partial charge < -0.3 is 10.6 Å². The SMILES string of the molecule is CC(C)N(Cc1cccnc1)C(=O)CN1CCC(N)CC1. The summed E-state index contributed by atoms with van der Waals surface area (Å²) in [6.07, 6.45) is 5.54. The second-order valence-electron chi connectivity index (χ2n) is 6.09. The van der Waals surface area contributed by atoms with Gasteiger partial charge in [0.05, 0.1) is 6.54 Å². The van der Waals surface area contributed by atoms with Crippen LogP contribution in [0.25, 0.3) is 0 Å². The molecule has 0 atom stereocenters. The van der Waals surface area contributed by atoms with E-state index in [-0.39, 0.29) is 11.9 Å². The third-order valence-electron chi connectivity index (χ3n) is 4.01. The van der Waals surface area contributed by atoms with Gasteiger partial charge in [-0.15, -0.1) is 0 Å². The Bertz CT molecular complexity index is 441. The molecule has 1 saturated heterocycles. The molecule has 5 nitrogen and oxygen atoms in total. The monoisotopic (exact) mass is 290 g/mol. The van der Waals surface area contributed by atoms with Crippen molar-refractivity contribution < 1.29 is 4.79 Å². The number of pyridine rings is 1. The lowest BCUT2D eigenvalue weighted by atomic mass is 10.1. The van der Waals surface area contributed by atoms with Gasteiger partial charge in [-0.2, -0.15) is 0 Å². The van der Waals surface area contributed by atoms with E-state index in [0.29, 0.717) is 19.1 Å². The highest BCUT2D eigenvalue weighted by Gasteiger charge is 2.23. The van der Waals surface area contributed by atoms with E-state index in [1.54, 1.807) is 6.20 Å². The number of carbonyl (C=O) groups is 1. The summed E-state index contributed by atoms with van der Waals surface area (Å²) in [5.74, 6) is 0.185. The summed E-state index contributed by atoms with van der Waals surface area (Å²) in [5.41, 5.74) is 6.98. The first-order valence-corrected chi connectivity index (χ1v) is 7.72. The van der Waals surface area contributed by atoms with E-state index in [1.165, 1.54) is 0 Å². The molecule has 1 fully saturated rings. The average molecular weight is 290 g/mol. The van der Waals surface area contributed by atoms with E-state index in [0.717, 1.165) is 31.5 Å². The molecule has 2 rings (SSSR count). The summed E-state index contributed by atoms with van der Waals surface area (Å²) in [4.78, 5) is 20.8. The number of nitrogens with two attached hydrogens (primary N) is 1. The molecule has 21 heavy (non-hydrogen) atoms. The largest absolute Gasteiger partial charge is 0.335 e. The van der Waals surface area contributed by atoms with Gasteiger partial charge >= 0.3 is 0 Å². The van der Waals surface area contributed by atoms with Gasteiger partial charge in [-0.25, -0.2) is 0 Å².